The molecular formula is C23H37N3O3S. The number of aliphatic carboxylic acids is 1. The molecule has 2 fully saturated rings. The van der Waals surface area contributed by atoms with Crippen LogP contribution in [0.4, 0.5) is 0 Å². The number of aromatic nitrogens is 2. The van der Waals surface area contributed by atoms with Crippen LogP contribution in [-0.4, -0.2) is 44.8 Å². The molecule has 1 atom stereocenters. The minimum absolute atomic E-state index is 0.0277. The predicted molar refractivity (Wildman–Crippen MR) is 121 cm³/mol. The van der Waals surface area contributed by atoms with Crippen LogP contribution in [0.2, 0.25) is 0 Å². The Morgan fingerprint density at radius 1 is 1.13 bits per heavy atom. The molecule has 0 radical (unpaired) electrons. The van der Waals surface area contributed by atoms with E-state index in [4.69, 9.17) is 0 Å². The summed E-state index contributed by atoms with van der Waals surface area (Å²) in [6, 6.07) is 0.877. The van der Waals surface area contributed by atoms with Crippen LogP contribution < -0.4 is 5.32 Å². The van der Waals surface area contributed by atoms with Gasteiger partial charge in [0.25, 0.3) is 5.91 Å². The van der Waals surface area contributed by atoms with Crippen LogP contribution in [0.25, 0.3) is 0 Å². The molecule has 168 valence electrons. The van der Waals surface area contributed by atoms with Gasteiger partial charge in [0.15, 0.2) is 0 Å². The van der Waals surface area contributed by atoms with E-state index in [9.17, 15) is 14.7 Å². The molecule has 0 bridgehead atoms. The highest BCUT2D eigenvalue weighted by Gasteiger charge is 2.41. The van der Waals surface area contributed by atoms with Crippen LogP contribution in [0.3, 0.4) is 0 Å². The van der Waals surface area contributed by atoms with Crippen molar-refractivity contribution in [3.8, 4) is 0 Å². The summed E-state index contributed by atoms with van der Waals surface area (Å²) in [5.41, 5.74) is 0.466. The normalized spacial score (nSPS) is 19.7. The van der Waals surface area contributed by atoms with E-state index in [-0.39, 0.29) is 11.8 Å². The predicted octanol–water partition coefficient (Wildman–Crippen LogP) is 4.60. The van der Waals surface area contributed by atoms with E-state index in [1.54, 1.807) is 28.7 Å². The van der Waals surface area contributed by atoms with Crippen LogP contribution in [-0.2, 0) is 11.3 Å². The van der Waals surface area contributed by atoms with Gasteiger partial charge in [-0.1, -0.05) is 64.2 Å². The van der Waals surface area contributed by atoms with E-state index in [0.717, 1.165) is 37.9 Å². The first kappa shape index (κ1) is 23.2. The van der Waals surface area contributed by atoms with Gasteiger partial charge in [-0.3, -0.25) is 9.48 Å². The SMILES string of the molecule is CSCCCn1nccc1C(=O)NC(C(=O)O)C(C1CCCCC1)C1CCCCC1. The van der Waals surface area contributed by atoms with Crippen molar-refractivity contribution in [1.82, 2.24) is 15.1 Å². The largest absolute Gasteiger partial charge is 0.480 e. The molecule has 1 heterocycles. The topological polar surface area (TPSA) is 84.2 Å². The van der Waals surface area contributed by atoms with Crippen LogP contribution in [0, 0.1) is 17.8 Å². The van der Waals surface area contributed by atoms with E-state index < -0.39 is 12.0 Å². The maximum Gasteiger partial charge on any atom is 0.326 e. The number of carbonyl (C=O) groups is 2. The maximum absolute atomic E-state index is 13.1. The third-order valence-corrected chi connectivity index (χ3v) is 7.69. The minimum Gasteiger partial charge on any atom is -0.480 e. The molecule has 6 nitrogen and oxygen atoms in total. The summed E-state index contributed by atoms with van der Waals surface area (Å²) < 4.78 is 1.71. The smallest absolute Gasteiger partial charge is 0.326 e. The summed E-state index contributed by atoms with van der Waals surface area (Å²) in [7, 11) is 0. The zero-order valence-corrected chi connectivity index (χ0v) is 19.0. The molecule has 30 heavy (non-hydrogen) atoms. The molecule has 1 aromatic rings. The van der Waals surface area contributed by atoms with Gasteiger partial charge >= 0.3 is 5.97 Å². The molecule has 7 heteroatoms. The Balaban J connectivity index is 1.77. The quantitative estimate of drug-likeness (QED) is 0.525. The Hall–Kier alpha value is -1.50. The van der Waals surface area contributed by atoms with E-state index in [1.165, 1.54) is 38.5 Å². The van der Waals surface area contributed by atoms with E-state index in [2.05, 4.69) is 16.7 Å². The van der Waals surface area contributed by atoms with Crippen molar-refractivity contribution >= 4 is 23.6 Å². The molecule has 2 aliphatic rings. The van der Waals surface area contributed by atoms with Crippen molar-refractivity contribution in [2.75, 3.05) is 12.0 Å². The highest BCUT2D eigenvalue weighted by atomic mass is 32.2. The van der Waals surface area contributed by atoms with Gasteiger partial charge in [-0.15, -0.1) is 0 Å². The van der Waals surface area contributed by atoms with Gasteiger partial charge in [0.05, 0.1) is 0 Å². The van der Waals surface area contributed by atoms with Crippen molar-refractivity contribution in [3.63, 3.8) is 0 Å². The standard InChI is InChI=1S/C23H37N3O3S/c1-30-16-8-15-26-19(13-14-24-26)22(27)25-21(23(28)29)20(17-9-4-2-5-10-17)18-11-6-3-7-12-18/h13-14,17-18,20-21H,2-12,15-16H2,1H3,(H,25,27)(H,28,29). The van der Waals surface area contributed by atoms with Gasteiger partial charge in [-0.25, -0.2) is 4.79 Å². The number of aryl methyl sites for hydroxylation is 1. The van der Waals surface area contributed by atoms with Crippen molar-refractivity contribution in [2.24, 2.45) is 17.8 Å². The minimum atomic E-state index is -0.891. The fraction of sp³-hybridized carbons (Fsp3) is 0.783. The fourth-order valence-corrected chi connectivity index (χ4v) is 5.99. The molecule has 0 saturated heterocycles. The second-order valence-electron chi connectivity index (χ2n) is 8.95. The highest BCUT2D eigenvalue weighted by Crippen LogP contribution is 2.41. The lowest BCUT2D eigenvalue weighted by Crippen LogP contribution is -2.51. The maximum atomic E-state index is 13.1. The lowest BCUT2D eigenvalue weighted by molar-refractivity contribution is -0.142. The number of carboxylic acid groups (broad SMARTS) is 1. The highest BCUT2D eigenvalue weighted by molar-refractivity contribution is 7.98. The first-order chi connectivity index (χ1) is 14.6. The van der Waals surface area contributed by atoms with Crippen molar-refractivity contribution in [1.29, 1.82) is 0 Å². The van der Waals surface area contributed by atoms with Gasteiger partial charge in [0.2, 0.25) is 0 Å². The summed E-state index contributed by atoms with van der Waals surface area (Å²) >= 11 is 1.77. The average molecular weight is 436 g/mol. The molecule has 2 saturated carbocycles. The number of carbonyl (C=O) groups excluding carboxylic acids is 1. The van der Waals surface area contributed by atoms with Gasteiger partial charge in [0.1, 0.15) is 11.7 Å². The number of carboxylic acids is 1. The molecule has 2 aliphatic carbocycles. The average Bonchev–Trinajstić information content (AvgIpc) is 3.23. The number of nitrogens with zero attached hydrogens (tertiary/aromatic N) is 2. The van der Waals surface area contributed by atoms with E-state index in [0.29, 0.717) is 24.1 Å². The number of thioether (sulfide) groups is 1. The second-order valence-corrected chi connectivity index (χ2v) is 9.93. The number of hydrogen-bond acceptors (Lipinski definition) is 4. The molecule has 2 N–H and O–H groups in total. The number of nitrogens with one attached hydrogen (secondary N) is 1. The molecule has 1 unspecified atom stereocenters. The Labute approximate surface area is 184 Å². The fourth-order valence-electron chi connectivity index (χ4n) is 5.57. The van der Waals surface area contributed by atoms with Crippen LogP contribution in [0.15, 0.2) is 12.3 Å². The molecule has 0 spiro atoms. The first-order valence-electron chi connectivity index (χ1n) is 11.7. The third kappa shape index (κ3) is 6.02. The zero-order valence-electron chi connectivity index (χ0n) is 18.2. The van der Waals surface area contributed by atoms with Crippen molar-refractivity contribution < 1.29 is 14.7 Å². The Kier molecular flexibility index (Phi) is 9.09. The Bertz CT molecular complexity index is 663. The molecule has 0 aliphatic heterocycles. The monoisotopic (exact) mass is 435 g/mol. The number of amides is 1. The van der Waals surface area contributed by atoms with Crippen LogP contribution in [0.5, 0.6) is 0 Å². The van der Waals surface area contributed by atoms with E-state index >= 15 is 0 Å². The Morgan fingerprint density at radius 2 is 1.73 bits per heavy atom. The summed E-state index contributed by atoms with van der Waals surface area (Å²) in [5.74, 6) is 0.632. The van der Waals surface area contributed by atoms with Gasteiger partial charge < -0.3 is 10.4 Å². The summed E-state index contributed by atoms with van der Waals surface area (Å²) in [6.45, 7) is 0.670. The molecule has 1 amide bonds. The lowest BCUT2D eigenvalue weighted by Gasteiger charge is -2.41. The summed E-state index contributed by atoms with van der Waals surface area (Å²) in [6.07, 6.45) is 16.2. The number of hydrogen-bond donors (Lipinski definition) is 2. The van der Waals surface area contributed by atoms with Gasteiger partial charge in [0, 0.05) is 12.7 Å². The van der Waals surface area contributed by atoms with Crippen molar-refractivity contribution in [3.05, 3.63) is 18.0 Å². The van der Waals surface area contributed by atoms with Crippen LogP contribution >= 0.6 is 11.8 Å². The Morgan fingerprint density at radius 3 is 2.27 bits per heavy atom. The first-order valence-corrected chi connectivity index (χ1v) is 13.1. The van der Waals surface area contributed by atoms with Crippen molar-refractivity contribution in [2.45, 2.75) is 83.2 Å². The third-order valence-electron chi connectivity index (χ3n) is 6.99. The molecule has 1 aromatic heterocycles. The molecule has 0 aromatic carbocycles. The summed E-state index contributed by atoms with van der Waals surface area (Å²) in [4.78, 5) is 25.5. The van der Waals surface area contributed by atoms with Gasteiger partial charge in [-0.2, -0.15) is 16.9 Å². The summed E-state index contributed by atoms with van der Waals surface area (Å²) in [5, 5.41) is 17.4. The molecule has 3 rings (SSSR count). The van der Waals surface area contributed by atoms with Crippen LogP contribution in [0.1, 0.15) is 81.1 Å². The zero-order chi connectivity index (χ0) is 21.3. The van der Waals surface area contributed by atoms with Gasteiger partial charge in [-0.05, 0) is 42.2 Å². The van der Waals surface area contributed by atoms with E-state index in [1.807, 2.05) is 0 Å². The second kappa shape index (κ2) is 11.8. The molecular weight excluding hydrogens is 398 g/mol. The number of rotatable bonds is 10. The lowest BCUT2D eigenvalue weighted by atomic mass is 9.66.